The Morgan fingerprint density at radius 2 is 1.43 bits per heavy atom. The first-order valence-corrected chi connectivity index (χ1v) is 7.37. The van der Waals surface area contributed by atoms with Crippen LogP contribution >= 0.6 is 11.8 Å². The fourth-order valence-corrected chi connectivity index (χ4v) is 2.34. The van der Waals surface area contributed by atoms with Crippen LogP contribution in [-0.2, 0) is 0 Å². The van der Waals surface area contributed by atoms with Gasteiger partial charge in [0.15, 0.2) is 0 Å². The third kappa shape index (κ3) is 3.55. The molecule has 2 aromatic carbocycles. The van der Waals surface area contributed by atoms with Gasteiger partial charge in [0.2, 0.25) is 0 Å². The number of phenolic OH excluding ortho intramolecular Hbond substituents is 1. The zero-order chi connectivity index (χ0) is 15.2. The molecule has 0 aliphatic carbocycles. The average Bonchev–Trinajstić information content (AvgIpc) is 2.52. The summed E-state index contributed by atoms with van der Waals surface area (Å²) in [5.74, 6) is -1.14. The van der Waals surface area contributed by atoms with Gasteiger partial charge in [0.05, 0.1) is 11.1 Å². The molecule has 6 heteroatoms. The first kappa shape index (κ1) is 14.9. The molecule has 0 fully saturated rings. The standard InChI is InChI=1S/C15H14N2O3S/c1-21-13-9-5-3-7-11(13)15(20)17-16-14(19)10-6-2-4-8-12(10)18/h2-9,18H,1H3,(H,16,19)(H,17,20). The minimum absolute atomic E-state index is 0.0935. The Balaban J connectivity index is 2.05. The van der Waals surface area contributed by atoms with E-state index in [0.717, 1.165) is 4.90 Å². The summed E-state index contributed by atoms with van der Waals surface area (Å²) >= 11 is 1.44. The molecule has 5 nitrogen and oxygen atoms in total. The number of carbonyl (C=O) groups excluding carboxylic acids is 2. The van der Waals surface area contributed by atoms with Crippen molar-refractivity contribution >= 4 is 23.6 Å². The highest BCUT2D eigenvalue weighted by molar-refractivity contribution is 7.98. The molecule has 0 bridgehead atoms. The number of thioether (sulfide) groups is 1. The lowest BCUT2D eigenvalue weighted by Crippen LogP contribution is -2.41. The summed E-state index contributed by atoms with van der Waals surface area (Å²) in [6.45, 7) is 0. The van der Waals surface area contributed by atoms with Crippen molar-refractivity contribution in [3.63, 3.8) is 0 Å². The molecular weight excluding hydrogens is 288 g/mol. The van der Waals surface area contributed by atoms with Crippen molar-refractivity contribution in [2.75, 3.05) is 6.26 Å². The molecule has 0 radical (unpaired) electrons. The Kier molecular flexibility index (Phi) is 4.84. The number of rotatable bonds is 3. The molecular formula is C15H14N2O3S. The highest BCUT2D eigenvalue weighted by atomic mass is 32.2. The molecule has 0 aromatic heterocycles. The Bertz CT molecular complexity index is 673. The van der Waals surface area contributed by atoms with Gasteiger partial charge in [0.1, 0.15) is 5.75 Å². The van der Waals surface area contributed by atoms with Gasteiger partial charge in [0.25, 0.3) is 11.8 Å². The van der Waals surface area contributed by atoms with E-state index < -0.39 is 11.8 Å². The summed E-state index contributed by atoms with van der Waals surface area (Å²) in [7, 11) is 0. The number of carbonyl (C=O) groups is 2. The fraction of sp³-hybridized carbons (Fsp3) is 0.0667. The van der Waals surface area contributed by atoms with Crippen molar-refractivity contribution in [1.82, 2.24) is 10.9 Å². The number of benzene rings is 2. The quantitative estimate of drug-likeness (QED) is 0.600. The van der Waals surface area contributed by atoms with Crippen LogP contribution in [0.3, 0.4) is 0 Å². The second kappa shape index (κ2) is 6.81. The van der Waals surface area contributed by atoms with Crippen molar-refractivity contribution in [2.24, 2.45) is 0 Å². The SMILES string of the molecule is CSc1ccccc1C(=O)NNC(=O)c1ccccc1O. The number of nitrogens with one attached hydrogen (secondary N) is 2. The maximum atomic E-state index is 12.0. The Morgan fingerprint density at radius 1 is 0.905 bits per heavy atom. The number of hydrazine groups is 1. The topological polar surface area (TPSA) is 78.4 Å². The number of aromatic hydroxyl groups is 1. The van der Waals surface area contributed by atoms with Gasteiger partial charge in [-0.25, -0.2) is 0 Å². The van der Waals surface area contributed by atoms with Crippen molar-refractivity contribution in [1.29, 1.82) is 0 Å². The smallest absolute Gasteiger partial charge is 0.273 e. The predicted octanol–water partition coefficient (Wildman–Crippen LogP) is 2.19. The van der Waals surface area contributed by atoms with Crippen LogP contribution in [0, 0.1) is 0 Å². The van der Waals surface area contributed by atoms with Gasteiger partial charge in [-0.3, -0.25) is 20.4 Å². The molecule has 0 atom stereocenters. The van der Waals surface area contributed by atoms with E-state index in [1.807, 2.05) is 18.4 Å². The van der Waals surface area contributed by atoms with E-state index in [1.165, 1.54) is 23.9 Å². The molecule has 2 rings (SSSR count). The van der Waals surface area contributed by atoms with E-state index in [-0.39, 0.29) is 11.3 Å². The highest BCUT2D eigenvalue weighted by Gasteiger charge is 2.13. The number of hydrogen-bond acceptors (Lipinski definition) is 4. The van der Waals surface area contributed by atoms with Crippen LogP contribution in [0.2, 0.25) is 0 Å². The van der Waals surface area contributed by atoms with E-state index in [4.69, 9.17) is 0 Å². The van der Waals surface area contributed by atoms with Gasteiger partial charge in [-0.05, 0) is 30.5 Å². The summed E-state index contributed by atoms with van der Waals surface area (Å²) in [6, 6.07) is 13.2. The first-order chi connectivity index (χ1) is 10.1. The third-order valence-electron chi connectivity index (χ3n) is 2.79. The molecule has 2 amide bonds. The highest BCUT2D eigenvalue weighted by Crippen LogP contribution is 2.19. The monoisotopic (exact) mass is 302 g/mol. The molecule has 0 heterocycles. The van der Waals surface area contributed by atoms with E-state index in [2.05, 4.69) is 10.9 Å². The number of phenols is 1. The maximum Gasteiger partial charge on any atom is 0.273 e. The number of para-hydroxylation sites is 1. The van der Waals surface area contributed by atoms with E-state index in [0.29, 0.717) is 5.56 Å². The van der Waals surface area contributed by atoms with Crippen LogP contribution in [0.1, 0.15) is 20.7 Å². The Morgan fingerprint density at radius 3 is 2.05 bits per heavy atom. The molecule has 0 saturated carbocycles. The zero-order valence-electron chi connectivity index (χ0n) is 11.3. The summed E-state index contributed by atoms with van der Waals surface area (Å²) in [4.78, 5) is 24.7. The van der Waals surface area contributed by atoms with Crippen LogP contribution in [0.5, 0.6) is 5.75 Å². The summed E-state index contributed by atoms with van der Waals surface area (Å²) in [5.41, 5.74) is 5.19. The second-order valence-corrected chi connectivity index (χ2v) is 4.97. The zero-order valence-corrected chi connectivity index (χ0v) is 12.1. The van der Waals surface area contributed by atoms with Gasteiger partial charge in [-0.15, -0.1) is 11.8 Å². The normalized spacial score (nSPS) is 9.95. The summed E-state index contributed by atoms with van der Waals surface area (Å²) < 4.78 is 0. The van der Waals surface area contributed by atoms with Crippen molar-refractivity contribution < 1.29 is 14.7 Å². The maximum absolute atomic E-state index is 12.0. The molecule has 0 unspecified atom stereocenters. The number of amides is 2. The predicted molar refractivity (Wildman–Crippen MR) is 81.3 cm³/mol. The largest absolute Gasteiger partial charge is 0.507 e. The van der Waals surface area contributed by atoms with Gasteiger partial charge in [-0.2, -0.15) is 0 Å². The first-order valence-electron chi connectivity index (χ1n) is 6.15. The van der Waals surface area contributed by atoms with Crippen LogP contribution < -0.4 is 10.9 Å². The Hall–Kier alpha value is -2.47. The van der Waals surface area contributed by atoms with Gasteiger partial charge < -0.3 is 5.11 Å². The lowest BCUT2D eigenvalue weighted by atomic mass is 10.2. The van der Waals surface area contributed by atoms with Crippen molar-refractivity contribution in [3.8, 4) is 5.75 Å². The Labute approximate surface area is 126 Å². The molecule has 0 spiro atoms. The molecule has 0 saturated heterocycles. The molecule has 21 heavy (non-hydrogen) atoms. The second-order valence-electron chi connectivity index (χ2n) is 4.13. The van der Waals surface area contributed by atoms with Crippen molar-refractivity contribution in [2.45, 2.75) is 4.90 Å². The molecule has 2 aromatic rings. The average molecular weight is 302 g/mol. The van der Waals surface area contributed by atoms with Crippen LogP contribution in [0.4, 0.5) is 0 Å². The van der Waals surface area contributed by atoms with E-state index >= 15 is 0 Å². The minimum Gasteiger partial charge on any atom is -0.507 e. The molecule has 0 aliphatic heterocycles. The molecule has 0 aliphatic rings. The summed E-state index contributed by atoms with van der Waals surface area (Å²) in [6.07, 6.45) is 1.87. The minimum atomic E-state index is -0.580. The van der Waals surface area contributed by atoms with E-state index in [1.54, 1.807) is 24.3 Å². The van der Waals surface area contributed by atoms with Crippen LogP contribution in [-0.4, -0.2) is 23.2 Å². The van der Waals surface area contributed by atoms with Gasteiger partial charge >= 0.3 is 0 Å². The van der Waals surface area contributed by atoms with E-state index in [9.17, 15) is 14.7 Å². The van der Waals surface area contributed by atoms with Crippen LogP contribution in [0.15, 0.2) is 53.4 Å². The molecule has 108 valence electrons. The summed E-state index contributed by atoms with van der Waals surface area (Å²) in [5, 5.41) is 9.57. The van der Waals surface area contributed by atoms with Gasteiger partial charge in [-0.1, -0.05) is 24.3 Å². The van der Waals surface area contributed by atoms with Gasteiger partial charge in [0, 0.05) is 4.90 Å². The molecule has 3 N–H and O–H groups in total. The fourth-order valence-electron chi connectivity index (χ4n) is 1.75. The van der Waals surface area contributed by atoms with Crippen LogP contribution in [0.25, 0.3) is 0 Å². The van der Waals surface area contributed by atoms with Crippen molar-refractivity contribution in [3.05, 3.63) is 59.7 Å². The lowest BCUT2D eigenvalue weighted by Gasteiger charge is -2.10. The lowest BCUT2D eigenvalue weighted by molar-refractivity contribution is 0.0843. The third-order valence-corrected chi connectivity index (χ3v) is 3.59. The number of hydrogen-bond donors (Lipinski definition) is 3.